The maximum Gasteiger partial charge on any atom is 0.0792 e. The molecule has 0 amide bonds. The van der Waals surface area contributed by atoms with E-state index in [9.17, 15) is 0 Å². The minimum Gasteiger partial charge on any atom is -0.0827 e. The zero-order chi connectivity index (χ0) is 8.43. The van der Waals surface area contributed by atoms with Gasteiger partial charge in [0.25, 0.3) is 0 Å². The van der Waals surface area contributed by atoms with Crippen LogP contribution in [0.15, 0.2) is 18.2 Å². The standard InChI is InChI=1S/C8H9Cl2Si/c1-11(2)6-3-4-7(9)8(10)5-6/h3-5H,1-2H3. The van der Waals surface area contributed by atoms with E-state index in [0.717, 1.165) is 0 Å². The molecule has 59 valence electrons. The van der Waals surface area contributed by atoms with E-state index < -0.39 is 8.80 Å². The Morgan fingerprint density at radius 3 is 2.18 bits per heavy atom. The van der Waals surface area contributed by atoms with Crippen molar-refractivity contribution in [1.29, 1.82) is 0 Å². The fraction of sp³-hybridized carbons (Fsp3) is 0.250. The third-order valence-electron chi connectivity index (χ3n) is 1.50. The van der Waals surface area contributed by atoms with Crippen LogP contribution in [0.25, 0.3) is 0 Å². The molecule has 0 aliphatic carbocycles. The van der Waals surface area contributed by atoms with Gasteiger partial charge in [-0.25, -0.2) is 0 Å². The number of halogens is 2. The molecule has 0 unspecified atom stereocenters. The van der Waals surface area contributed by atoms with Crippen LogP contribution in [-0.2, 0) is 0 Å². The molecule has 1 aromatic rings. The third kappa shape index (κ3) is 2.22. The van der Waals surface area contributed by atoms with Crippen LogP contribution < -0.4 is 5.19 Å². The highest BCUT2D eigenvalue weighted by Crippen LogP contribution is 2.19. The van der Waals surface area contributed by atoms with Crippen molar-refractivity contribution in [3.63, 3.8) is 0 Å². The monoisotopic (exact) mass is 203 g/mol. The van der Waals surface area contributed by atoms with Crippen molar-refractivity contribution in [2.75, 3.05) is 0 Å². The summed E-state index contributed by atoms with van der Waals surface area (Å²) >= 11 is 11.6. The van der Waals surface area contributed by atoms with Crippen molar-refractivity contribution in [2.24, 2.45) is 0 Å². The van der Waals surface area contributed by atoms with Gasteiger partial charge in [-0.1, -0.05) is 47.5 Å². The van der Waals surface area contributed by atoms with E-state index in [1.165, 1.54) is 5.19 Å². The lowest BCUT2D eigenvalue weighted by Crippen LogP contribution is -2.21. The molecule has 0 fully saturated rings. The second-order valence-corrected chi connectivity index (χ2v) is 6.02. The predicted octanol–water partition coefficient (Wildman–Crippen LogP) is 2.95. The van der Waals surface area contributed by atoms with Crippen molar-refractivity contribution in [1.82, 2.24) is 0 Å². The molecule has 3 heteroatoms. The summed E-state index contributed by atoms with van der Waals surface area (Å²) in [7, 11) is -0.394. The van der Waals surface area contributed by atoms with Gasteiger partial charge in [-0.2, -0.15) is 0 Å². The van der Waals surface area contributed by atoms with E-state index >= 15 is 0 Å². The molecule has 0 nitrogen and oxygen atoms in total. The largest absolute Gasteiger partial charge is 0.0827 e. The van der Waals surface area contributed by atoms with E-state index in [1.54, 1.807) is 0 Å². The zero-order valence-corrected chi connectivity index (χ0v) is 9.00. The highest BCUT2D eigenvalue weighted by atomic mass is 35.5. The van der Waals surface area contributed by atoms with Gasteiger partial charge in [0, 0.05) is 0 Å². The summed E-state index contributed by atoms with van der Waals surface area (Å²) in [6, 6.07) is 5.86. The molecule has 1 radical (unpaired) electrons. The van der Waals surface area contributed by atoms with Crippen LogP contribution in [0, 0.1) is 0 Å². The molecule has 1 aromatic carbocycles. The molecule has 0 aliphatic heterocycles. The predicted molar refractivity (Wildman–Crippen MR) is 53.6 cm³/mol. The summed E-state index contributed by atoms with van der Waals surface area (Å²) in [5.41, 5.74) is 0. The van der Waals surface area contributed by atoms with Crippen molar-refractivity contribution >= 4 is 37.2 Å². The van der Waals surface area contributed by atoms with E-state index in [2.05, 4.69) is 13.1 Å². The van der Waals surface area contributed by atoms with Crippen molar-refractivity contribution in [3.05, 3.63) is 28.2 Å². The summed E-state index contributed by atoms with van der Waals surface area (Å²) < 4.78 is 0. The first-order valence-corrected chi connectivity index (χ1v) is 6.62. The minimum atomic E-state index is -0.394. The average Bonchev–Trinajstić information content (AvgIpc) is 1.94. The Morgan fingerprint density at radius 1 is 1.09 bits per heavy atom. The van der Waals surface area contributed by atoms with Gasteiger partial charge in [0.1, 0.15) is 0 Å². The maximum atomic E-state index is 5.84. The zero-order valence-electron chi connectivity index (χ0n) is 6.49. The summed E-state index contributed by atoms with van der Waals surface area (Å²) in [5.74, 6) is 0. The molecule has 0 atom stereocenters. The topological polar surface area (TPSA) is 0 Å². The van der Waals surface area contributed by atoms with Crippen molar-refractivity contribution < 1.29 is 0 Å². The van der Waals surface area contributed by atoms with E-state index in [1.807, 2.05) is 18.2 Å². The average molecular weight is 204 g/mol. The molecular weight excluding hydrogens is 195 g/mol. The third-order valence-corrected chi connectivity index (χ3v) is 3.70. The van der Waals surface area contributed by atoms with Crippen molar-refractivity contribution in [2.45, 2.75) is 13.1 Å². The van der Waals surface area contributed by atoms with Gasteiger partial charge in [0.2, 0.25) is 0 Å². The van der Waals surface area contributed by atoms with E-state index in [-0.39, 0.29) is 0 Å². The Balaban J connectivity index is 3.05. The fourth-order valence-electron chi connectivity index (χ4n) is 0.807. The number of benzene rings is 1. The van der Waals surface area contributed by atoms with Gasteiger partial charge in [0.05, 0.1) is 18.8 Å². The SMILES string of the molecule is C[Si](C)c1ccc(Cl)c(Cl)c1. The van der Waals surface area contributed by atoms with Crippen LogP contribution in [0.1, 0.15) is 0 Å². The van der Waals surface area contributed by atoms with Gasteiger partial charge in [-0.3, -0.25) is 0 Å². The minimum absolute atomic E-state index is 0.394. The quantitative estimate of drug-likeness (QED) is 0.617. The first-order chi connectivity index (χ1) is 5.11. The molecule has 0 spiro atoms. The number of rotatable bonds is 1. The number of hydrogen-bond acceptors (Lipinski definition) is 0. The van der Waals surface area contributed by atoms with Gasteiger partial charge in [-0.15, -0.1) is 0 Å². The van der Waals surface area contributed by atoms with Gasteiger partial charge in [-0.05, 0) is 12.1 Å². The molecule has 0 saturated carbocycles. The summed E-state index contributed by atoms with van der Waals surface area (Å²) in [4.78, 5) is 0. The van der Waals surface area contributed by atoms with Crippen molar-refractivity contribution in [3.8, 4) is 0 Å². The summed E-state index contributed by atoms with van der Waals surface area (Å²) in [6.07, 6.45) is 0. The highest BCUT2D eigenvalue weighted by molar-refractivity contribution is 6.71. The molecule has 0 heterocycles. The molecule has 0 N–H and O–H groups in total. The Labute approximate surface area is 78.7 Å². The summed E-state index contributed by atoms with van der Waals surface area (Å²) in [5, 5.41) is 2.62. The Morgan fingerprint density at radius 2 is 1.73 bits per heavy atom. The molecule has 0 saturated heterocycles. The van der Waals surface area contributed by atoms with Crippen LogP contribution >= 0.6 is 23.2 Å². The molecule has 0 aromatic heterocycles. The molecular formula is C8H9Cl2Si. The Bertz CT molecular complexity index is 258. The first-order valence-electron chi connectivity index (χ1n) is 3.37. The van der Waals surface area contributed by atoms with Gasteiger partial charge in [0.15, 0.2) is 0 Å². The van der Waals surface area contributed by atoms with Gasteiger partial charge >= 0.3 is 0 Å². The second kappa shape index (κ2) is 3.61. The van der Waals surface area contributed by atoms with Crippen LogP contribution in [0.5, 0.6) is 0 Å². The fourth-order valence-corrected chi connectivity index (χ4v) is 2.05. The Kier molecular flexibility index (Phi) is 2.99. The second-order valence-electron chi connectivity index (χ2n) is 2.63. The van der Waals surface area contributed by atoms with E-state index in [0.29, 0.717) is 10.0 Å². The number of hydrogen-bond donors (Lipinski definition) is 0. The molecule has 11 heavy (non-hydrogen) atoms. The normalized spacial score (nSPS) is 10.6. The lowest BCUT2D eigenvalue weighted by molar-refractivity contribution is 1.73. The molecule has 1 rings (SSSR count). The van der Waals surface area contributed by atoms with Crippen LogP contribution in [0.2, 0.25) is 23.1 Å². The first kappa shape index (κ1) is 9.11. The lowest BCUT2D eigenvalue weighted by atomic mass is 10.4. The Hall–Kier alpha value is 0.0169. The summed E-state index contributed by atoms with van der Waals surface area (Å²) in [6.45, 7) is 4.45. The highest BCUT2D eigenvalue weighted by Gasteiger charge is 2.03. The van der Waals surface area contributed by atoms with Crippen LogP contribution in [0.4, 0.5) is 0 Å². The molecule has 0 bridgehead atoms. The lowest BCUT2D eigenvalue weighted by Gasteiger charge is -2.03. The van der Waals surface area contributed by atoms with Crippen LogP contribution in [-0.4, -0.2) is 8.80 Å². The maximum absolute atomic E-state index is 5.84. The van der Waals surface area contributed by atoms with Gasteiger partial charge < -0.3 is 0 Å². The molecule has 0 aliphatic rings. The smallest absolute Gasteiger partial charge is 0.0792 e. The van der Waals surface area contributed by atoms with E-state index in [4.69, 9.17) is 23.2 Å². The van der Waals surface area contributed by atoms with Crippen LogP contribution in [0.3, 0.4) is 0 Å².